The Morgan fingerprint density at radius 2 is 2.04 bits per heavy atom. The van der Waals surface area contributed by atoms with Crippen LogP contribution in [0.4, 0.5) is 11.4 Å². The monoisotopic (exact) mass is 387 g/mol. The van der Waals surface area contributed by atoms with Crippen LogP contribution in [0.25, 0.3) is 10.8 Å². The second-order valence-corrected chi connectivity index (χ2v) is 7.07. The molecule has 2 heterocycles. The van der Waals surface area contributed by atoms with Gasteiger partial charge in [0.1, 0.15) is 5.69 Å². The lowest BCUT2D eigenvalue weighted by Crippen LogP contribution is -2.23. The molecule has 1 atom stereocenters. The van der Waals surface area contributed by atoms with Gasteiger partial charge in [-0.1, -0.05) is 41.4 Å². The first-order valence-electron chi connectivity index (χ1n) is 8.29. The van der Waals surface area contributed by atoms with Crippen LogP contribution in [-0.2, 0) is 0 Å². The van der Waals surface area contributed by atoms with Crippen molar-refractivity contribution in [3.63, 3.8) is 0 Å². The van der Waals surface area contributed by atoms with E-state index in [1.807, 2.05) is 18.2 Å². The van der Waals surface area contributed by atoms with E-state index in [1.165, 1.54) is 0 Å². The quantitative estimate of drug-likeness (QED) is 0.421. The summed E-state index contributed by atoms with van der Waals surface area (Å²) in [6, 6.07) is 10.9. The summed E-state index contributed by atoms with van der Waals surface area (Å²) in [7, 11) is 0. The van der Waals surface area contributed by atoms with Crippen molar-refractivity contribution in [1.29, 1.82) is 0 Å². The zero-order valence-corrected chi connectivity index (χ0v) is 15.2. The Hall–Kier alpha value is -2.37. The summed E-state index contributed by atoms with van der Waals surface area (Å²) in [6.07, 6.45) is 5.01. The number of anilines is 1. The van der Waals surface area contributed by atoms with Crippen LogP contribution in [0.2, 0.25) is 10.0 Å². The largest absolute Gasteiger partial charge is 0.359 e. The fourth-order valence-electron chi connectivity index (χ4n) is 3.72. The van der Waals surface area contributed by atoms with Crippen LogP contribution in [0.15, 0.2) is 48.8 Å². The number of nitrogens with zero attached hydrogens (tertiary/aromatic N) is 3. The SMILES string of the molecule is O=[N+]([O-])c1c(N2CCCC2c2cccc(Cl)c2Cl)ccc2cnccc12. The average Bonchev–Trinajstić information content (AvgIpc) is 3.12. The molecule has 0 spiro atoms. The number of hydrogen-bond donors (Lipinski definition) is 0. The van der Waals surface area contributed by atoms with Crippen molar-refractivity contribution in [3.05, 3.63) is 74.5 Å². The Morgan fingerprint density at radius 1 is 1.19 bits per heavy atom. The maximum Gasteiger partial charge on any atom is 0.300 e. The molecule has 5 nitrogen and oxygen atoms in total. The molecule has 7 heteroatoms. The number of halogens is 2. The van der Waals surface area contributed by atoms with Gasteiger partial charge in [-0.15, -0.1) is 0 Å². The Kier molecular flexibility index (Phi) is 4.42. The van der Waals surface area contributed by atoms with Crippen molar-refractivity contribution >= 4 is 45.3 Å². The minimum Gasteiger partial charge on any atom is -0.359 e. The van der Waals surface area contributed by atoms with E-state index in [2.05, 4.69) is 9.88 Å². The molecule has 2 aromatic carbocycles. The third-order valence-electron chi connectivity index (χ3n) is 4.86. The number of hydrogen-bond acceptors (Lipinski definition) is 4. The van der Waals surface area contributed by atoms with Crippen LogP contribution in [0.5, 0.6) is 0 Å². The first kappa shape index (κ1) is 17.1. The predicted octanol–water partition coefficient (Wildman–Crippen LogP) is 5.79. The molecule has 1 aromatic heterocycles. The number of nitro groups is 1. The molecule has 26 heavy (non-hydrogen) atoms. The maximum absolute atomic E-state index is 11.9. The van der Waals surface area contributed by atoms with Crippen molar-refractivity contribution < 1.29 is 4.92 Å². The number of aromatic nitrogens is 1. The second kappa shape index (κ2) is 6.74. The van der Waals surface area contributed by atoms with E-state index in [9.17, 15) is 10.1 Å². The normalized spacial score (nSPS) is 17.0. The van der Waals surface area contributed by atoms with Crippen molar-refractivity contribution in [2.75, 3.05) is 11.4 Å². The molecular formula is C19H15Cl2N3O2. The molecule has 4 rings (SSSR count). The lowest BCUT2D eigenvalue weighted by atomic mass is 10.0. The Labute approximate surface area is 160 Å². The van der Waals surface area contributed by atoms with Crippen LogP contribution in [0.3, 0.4) is 0 Å². The number of pyridine rings is 1. The first-order chi connectivity index (χ1) is 12.6. The highest BCUT2D eigenvalue weighted by atomic mass is 35.5. The Balaban J connectivity index is 1.87. The molecular weight excluding hydrogens is 373 g/mol. The molecule has 132 valence electrons. The lowest BCUT2D eigenvalue weighted by Gasteiger charge is -2.28. The van der Waals surface area contributed by atoms with Gasteiger partial charge in [-0.2, -0.15) is 0 Å². The standard InChI is InChI=1S/C19H15Cl2N3O2/c20-15-4-1-3-14(18(15)21)16-5-2-10-23(16)17-7-6-12-11-22-9-8-13(12)19(17)24(25)26/h1,3-4,6-9,11,16H,2,5,10H2. The molecule has 0 saturated carbocycles. The minimum atomic E-state index is -0.313. The minimum absolute atomic E-state index is 0.0424. The zero-order valence-electron chi connectivity index (χ0n) is 13.7. The fourth-order valence-corrected chi connectivity index (χ4v) is 4.15. The summed E-state index contributed by atoms with van der Waals surface area (Å²) in [5.41, 5.74) is 1.61. The highest BCUT2D eigenvalue weighted by Crippen LogP contribution is 2.45. The zero-order chi connectivity index (χ0) is 18.3. The third kappa shape index (κ3) is 2.77. The molecule has 0 amide bonds. The number of rotatable bonds is 3. The van der Waals surface area contributed by atoms with Crippen LogP contribution >= 0.6 is 23.2 Å². The average molecular weight is 388 g/mol. The van der Waals surface area contributed by atoms with Crippen LogP contribution in [-0.4, -0.2) is 16.5 Å². The number of nitro benzene ring substituents is 1. The molecule has 1 fully saturated rings. The van der Waals surface area contributed by atoms with Crippen molar-refractivity contribution in [2.45, 2.75) is 18.9 Å². The summed E-state index contributed by atoms with van der Waals surface area (Å²) in [4.78, 5) is 17.7. The molecule has 1 unspecified atom stereocenters. The summed E-state index contributed by atoms with van der Waals surface area (Å²) in [5.74, 6) is 0. The van der Waals surface area contributed by atoms with Crippen molar-refractivity contribution in [1.82, 2.24) is 4.98 Å². The molecule has 0 aliphatic carbocycles. The summed E-state index contributed by atoms with van der Waals surface area (Å²) < 4.78 is 0. The second-order valence-electron chi connectivity index (χ2n) is 6.28. The van der Waals surface area contributed by atoms with Crippen LogP contribution in [0, 0.1) is 10.1 Å². The summed E-state index contributed by atoms with van der Waals surface area (Å²) in [6.45, 7) is 0.727. The molecule has 1 saturated heterocycles. The van der Waals surface area contributed by atoms with Gasteiger partial charge in [0.15, 0.2) is 0 Å². The van der Waals surface area contributed by atoms with E-state index >= 15 is 0 Å². The fraction of sp³-hybridized carbons (Fsp3) is 0.211. The van der Waals surface area contributed by atoms with Gasteiger partial charge >= 0.3 is 0 Å². The van der Waals surface area contributed by atoms with E-state index < -0.39 is 0 Å². The van der Waals surface area contributed by atoms with Crippen LogP contribution in [0.1, 0.15) is 24.4 Å². The van der Waals surface area contributed by atoms with E-state index in [0.29, 0.717) is 21.1 Å². The van der Waals surface area contributed by atoms with Gasteiger partial charge in [-0.25, -0.2) is 0 Å². The molecule has 1 aliphatic heterocycles. The highest BCUT2D eigenvalue weighted by molar-refractivity contribution is 6.42. The van der Waals surface area contributed by atoms with E-state index in [1.54, 1.807) is 30.6 Å². The van der Waals surface area contributed by atoms with Crippen LogP contribution < -0.4 is 4.90 Å². The maximum atomic E-state index is 11.9. The Morgan fingerprint density at radius 3 is 2.85 bits per heavy atom. The lowest BCUT2D eigenvalue weighted by molar-refractivity contribution is -0.382. The molecule has 0 N–H and O–H groups in total. The number of benzene rings is 2. The third-order valence-corrected chi connectivity index (χ3v) is 5.69. The van der Waals surface area contributed by atoms with Crippen molar-refractivity contribution in [3.8, 4) is 0 Å². The molecule has 1 aliphatic rings. The van der Waals surface area contributed by atoms with Gasteiger partial charge in [0.2, 0.25) is 0 Å². The highest BCUT2D eigenvalue weighted by Gasteiger charge is 2.33. The summed E-state index contributed by atoms with van der Waals surface area (Å²) >= 11 is 12.6. The van der Waals surface area contributed by atoms with Gasteiger partial charge in [0.05, 0.1) is 26.4 Å². The van der Waals surface area contributed by atoms with Gasteiger partial charge in [-0.3, -0.25) is 15.1 Å². The van der Waals surface area contributed by atoms with E-state index in [0.717, 1.165) is 30.3 Å². The summed E-state index contributed by atoms with van der Waals surface area (Å²) in [5, 5.41) is 14.2. The van der Waals surface area contributed by atoms with Gasteiger partial charge in [0.25, 0.3) is 5.69 Å². The Bertz CT molecular complexity index is 1010. The van der Waals surface area contributed by atoms with Gasteiger partial charge < -0.3 is 4.90 Å². The van der Waals surface area contributed by atoms with Gasteiger partial charge in [-0.05, 0) is 36.6 Å². The molecule has 0 bridgehead atoms. The number of fused-ring (bicyclic) bond motifs is 1. The van der Waals surface area contributed by atoms with E-state index in [4.69, 9.17) is 23.2 Å². The first-order valence-corrected chi connectivity index (χ1v) is 9.05. The van der Waals surface area contributed by atoms with Gasteiger partial charge in [0, 0.05) is 24.3 Å². The van der Waals surface area contributed by atoms with Crippen molar-refractivity contribution in [2.24, 2.45) is 0 Å². The smallest absolute Gasteiger partial charge is 0.300 e. The topological polar surface area (TPSA) is 59.3 Å². The van der Waals surface area contributed by atoms with E-state index in [-0.39, 0.29) is 16.7 Å². The predicted molar refractivity (Wildman–Crippen MR) is 104 cm³/mol. The molecule has 3 aromatic rings. The molecule has 0 radical (unpaired) electrons.